The molecule has 2 heterocycles. The zero-order valence-electron chi connectivity index (χ0n) is 19.2. The highest BCUT2D eigenvalue weighted by molar-refractivity contribution is 5.91. The molecule has 1 aliphatic rings. The molecule has 0 radical (unpaired) electrons. The second-order valence-electron chi connectivity index (χ2n) is 8.77. The van der Waals surface area contributed by atoms with Crippen molar-refractivity contribution >= 4 is 12.0 Å². The molecular formula is C29H33N3O. The SMILES string of the molecule is O=C(/C=C\c1cccnc1)NCCCCN1CCC(c2ccccc2)(c2ccccc2)CC1. The van der Waals surface area contributed by atoms with Crippen LogP contribution in [0.4, 0.5) is 0 Å². The lowest BCUT2D eigenvalue weighted by Crippen LogP contribution is -2.43. The molecule has 1 saturated heterocycles. The van der Waals surface area contributed by atoms with Crippen molar-refractivity contribution in [3.8, 4) is 0 Å². The normalized spacial score (nSPS) is 16.0. The van der Waals surface area contributed by atoms with Gasteiger partial charge in [-0.2, -0.15) is 0 Å². The molecular weight excluding hydrogens is 406 g/mol. The van der Waals surface area contributed by atoms with Crippen molar-refractivity contribution < 1.29 is 4.79 Å². The van der Waals surface area contributed by atoms with Crippen LogP contribution in [0, 0.1) is 0 Å². The lowest BCUT2D eigenvalue weighted by Gasteiger charge is -2.43. The summed E-state index contributed by atoms with van der Waals surface area (Å²) in [7, 11) is 0. The Balaban J connectivity index is 1.22. The van der Waals surface area contributed by atoms with Crippen LogP contribution in [0.2, 0.25) is 0 Å². The minimum Gasteiger partial charge on any atom is -0.353 e. The minimum absolute atomic E-state index is 0.0488. The first-order chi connectivity index (χ1) is 16.3. The molecule has 0 aliphatic carbocycles. The van der Waals surface area contributed by atoms with Gasteiger partial charge in [0.2, 0.25) is 5.91 Å². The summed E-state index contributed by atoms with van der Waals surface area (Å²) in [5.74, 6) is -0.0488. The second-order valence-corrected chi connectivity index (χ2v) is 8.77. The fraction of sp³-hybridized carbons (Fsp3) is 0.310. The van der Waals surface area contributed by atoms with Gasteiger partial charge < -0.3 is 10.2 Å². The molecule has 4 heteroatoms. The first kappa shape index (κ1) is 22.9. The number of likely N-dealkylation sites (tertiary alicyclic amines) is 1. The Morgan fingerprint density at radius 1 is 0.909 bits per heavy atom. The third kappa shape index (κ3) is 6.17. The molecule has 3 aromatic rings. The van der Waals surface area contributed by atoms with E-state index in [9.17, 15) is 4.79 Å². The van der Waals surface area contributed by atoms with Crippen LogP contribution in [0.15, 0.2) is 91.3 Å². The maximum atomic E-state index is 12.0. The number of hydrogen-bond acceptors (Lipinski definition) is 3. The minimum atomic E-state index is -0.0488. The van der Waals surface area contributed by atoms with Crippen LogP contribution in [0.3, 0.4) is 0 Å². The molecule has 1 aliphatic heterocycles. The summed E-state index contributed by atoms with van der Waals surface area (Å²) < 4.78 is 0. The van der Waals surface area contributed by atoms with Crippen molar-refractivity contribution in [1.29, 1.82) is 0 Å². The van der Waals surface area contributed by atoms with E-state index in [-0.39, 0.29) is 11.3 Å². The molecule has 33 heavy (non-hydrogen) atoms. The molecule has 0 unspecified atom stereocenters. The molecule has 0 spiro atoms. The Morgan fingerprint density at radius 2 is 1.58 bits per heavy atom. The molecule has 1 aromatic heterocycles. The number of unbranched alkanes of at least 4 members (excludes halogenated alkanes) is 1. The molecule has 1 fully saturated rings. The molecule has 1 amide bonds. The average molecular weight is 440 g/mol. The van der Waals surface area contributed by atoms with Crippen LogP contribution in [-0.4, -0.2) is 42.0 Å². The van der Waals surface area contributed by atoms with Crippen molar-refractivity contribution in [1.82, 2.24) is 15.2 Å². The summed E-state index contributed by atoms with van der Waals surface area (Å²) in [6.45, 7) is 4.00. The van der Waals surface area contributed by atoms with Crippen LogP contribution in [0.5, 0.6) is 0 Å². The highest BCUT2D eigenvalue weighted by atomic mass is 16.1. The van der Waals surface area contributed by atoms with Gasteiger partial charge in [-0.3, -0.25) is 9.78 Å². The van der Waals surface area contributed by atoms with Crippen molar-refractivity contribution in [3.05, 3.63) is 108 Å². The molecule has 0 bridgehead atoms. The summed E-state index contributed by atoms with van der Waals surface area (Å²) in [6, 6.07) is 25.8. The van der Waals surface area contributed by atoms with Gasteiger partial charge in [0.15, 0.2) is 0 Å². The summed E-state index contributed by atoms with van der Waals surface area (Å²) >= 11 is 0. The Bertz CT molecular complexity index is 969. The number of nitrogens with one attached hydrogen (secondary N) is 1. The monoisotopic (exact) mass is 439 g/mol. The van der Waals surface area contributed by atoms with Crippen LogP contribution in [0.25, 0.3) is 6.08 Å². The van der Waals surface area contributed by atoms with E-state index in [0.717, 1.165) is 50.9 Å². The van der Waals surface area contributed by atoms with Crippen molar-refractivity contribution in [2.24, 2.45) is 0 Å². The van der Waals surface area contributed by atoms with E-state index >= 15 is 0 Å². The predicted molar refractivity (Wildman–Crippen MR) is 135 cm³/mol. The maximum absolute atomic E-state index is 12.0. The maximum Gasteiger partial charge on any atom is 0.243 e. The highest BCUT2D eigenvalue weighted by Crippen LogP contribution is 2.41. The van der Waals surface area contributed by atoms with Gasteiger partial charge in [-0.15, -0.1) is 0 Å². The zero-order chi connectivity index (χ0) is 22.8. The van der Waals surface area contributed by atoms with E-state index in [0.29, 0.717) is 6.54 Å². The number of hydrogen-bond donors (Lipinski definition) is 1. The van der Waals surface area contributed by atoms with E-state index in [1.807, 2.05) is 12.1 Å². The molecule has 170 valence electrons. The van der Waals surface area contributed by atoms with Crippen LogP contribution < -0.4 is 5.32 Å². The number of amides is 1. The van der Waals surface area contributed by atoms with Crippen molar-refractivity contribution in [3.63, 3.8) is 0 Å². The lowest BCUT2D eigenvalue weighted by atomic mass is 9.68. The topological polar surface area (TPSA) is 45.2 Å². The number of carbonyl (C=O) groups is 1. The molecule has 2 aromatic carbocycles. The van der Waals surface area contributed by atoms with Gasteiger partial charge in [0.25, 0.3) is 0 Å². The average Bonchev–Trinajstić information content (AvgIpc) is 2.89. The predicted octanol–water partition coefficient (Wildman–Crippen LogP) is 5.07. The first-order valence-electron chi connectivity index (χ1n) is 12.0. The Hall–Kier alpha value is -3.24. The third-order valence-electron chi connectivity index (χ3n) is 6.67. The summed E-state index contributed by atoms with van der Waals surface area (Å²) in [4.78, 5) is 18.6. The smallest absolute Gasteiger partial charge is 0.243 e. The lowest BCUT2D eigenvalue weighted by molar-refractivity contribution is -0.116. The quantitative estimate of drug-likeness (QED) is 0.374. The van der Waals surface area contributed by atoms with Crippen LogP contribution >= 0.6 is 0 Å². The van der Waals surface area contributed by atoms with Crippen molar-refractivity contribution in [2.75, 3.05) is 26.2 Å². The Kier molecular flexibility index (Phi) is 8.04. The zero-order valence-corrected chi connectivity index (χ0v) is 19.2. The number of pyridine rings is 1. The Morgan fingerprint density at radius 3 is 2.18 bits per heavy atom. The molecule has 4 nitrogen and oxygen atoms in total. The van der Waals surface area contributed by atoms with Gasteiger partial charge >= 0.3 is 0 Å². The van der Waals surface area contributed by atoms with Gasteiger partial charge in [0.05, 0.1) is 0 Å². The highest BCUT2D eigenvalue weighted by Gasteiger charge is 2.37. The number of piperidine rings is 1. The number of carbonyl (C=O) groups excluding carboxylic acids is 1. The van der Waals surface area contributed by atoms with Gasteiger partial charge in [-0.25, -0.2) is 0 Å². The number of benzene rings is 2. The van der Waals surface area contributed by atoms with Gasteiger partial charge in [0.1, 0.15) is 0 Å². The van der Waals surface area contributed by atoms with Gasteiger partial charge in [-0.05, 0) is 74.2 Å². The molecule has 0 atom stereocenters. The van der Waals surface area contributed by atoms with Gasteiger partial charge in [0, 0.05) is 30.4 Å². The fourth-order valence-electron chi connectivity index (χ4n) is 4.79. The largest absolute Gasteiger partial charge is 0.353 e. The molecule has 1 N–H and O–H groups in total. The van der Waals surface area contributed by atoms with Gasteiger partial charge in [-0.1, -0.05) is 66.7 Å². The van der Waals surface area contributed by atoms with E-state index in [1.165, 1.54) is 11.1 Å². The third-order valence-corrected chi connectivity index (χ3v) is 6.67. The number of rotatable bonds is 9. The number of nitrogens with zero attached hydrogens (tertiary/aromatic N) is 2. The summed E-state index contributed by atoms with van der Waals surface area (Å²) in [5.41, 5.74) is 3.89. The molecule has 0 saturated carbocycles. The first-order valence-corrected chi connectivity index (χ1v) is 12.0. The van der Waals surface area contributed by atoms with E-state index in [4.69, 9.17) is 0 Å². The Labute approximate surface area is 197 Å². The van der Waals surface area contributed by atoms with E-state index in [1.54, 1.807) is 24.5 Å². The van der Waals surface area contributed by atoms with Crippen LogP contribution in [-0.2, 0) is 10.2 Å². The standard InChI is InChI=1S/C29H33N3O/c33-28(16-15-25-10-9-19-30-24-25)31-20-7-8-21-32-22-17-29(18-23-32,26-11-3-1-4-12-26)27-13-5-2-6-14-27/h1-6,9-16,19,24H,7-8,17-18,20-23H2,(H,31,33)/b16-15-. The van der Waals surface area contributed by atoms with Crippen LogP contribution in [0.1, 0.15) is 42.4 Å². The molecule has 4 rings (SSSR count). The second kappa shape index (κ2) is 11.6. The fourth-order valence-corrected chi connectivity index (χ4v) is 4.79. The summed E-state index contributed by atoms with van der Waals surface area (Å²) in [6.07, 6.45) is 11.2. The van der Waals surface area contributed by atoms with E-state index in [2.05, 4.69) is 75.9 Å². The number of aromatic nitrogens is 1. The summed E-state index contributed by atoms with van der Waals surface area (Å²) in [5, 5.41) is 2.98. The van der Waals surface area contributed by atoms with Crippen molar-refractivity contribution in [2.45, 2.75) is 31.1 Å². The van der Waals surface area contributed by atoms with E-state index < -0.39 is 0 Å².